The van der Waals surface area contributed by atoms with E-state index in [1.54, 1.807) is 0 Å². The Hall–Kier alpha value is -0.380. The molecule has 1 aliphatic rings. The third-order valence-electron chi connectivity index (χ3n) is 3.60. The highest BCUT2D eigenvalue weighted by Gasteiger charge is 2.22. The molecule has 1 atom stereocenters. The molecule has 1 aliphatic heterocycles. The smallest absolute Gasteiger partial charge is 0.0333 e. The van der Waals surface area contributed by atoms with Gasteiger partial charge in [0.25, 0.3) is 0 Å². The fourth-order valence-corrected chi connectivity index (χ4v) is 3.36. The molecule has 0 bridgehead atoms. The van der Waals surface area contributed by atoms with Crippen molar-refractivity contribution < 1.29 is 0 Å². The normalized spacial score (nSPS) is 22.0. The average molecular weight is 252 g/mol. The topological polar surface area (TPSA) is 15.3 Å². The maximum absolute atomic E-state index is 3.51. The molecule has 1 saturated heterocycles. The van der Waals surface area contributed by atoms with Crippen LogP contribution in [-0.2, 0) is 6.54 Å². The molecule has 1 aromatic rings. The van der Waals surface area contributed by atoms with E-state index < -0.39 is 0 Å². The van der Waals surface area contributed by atoms with Crippen LogP contribution in [0.4, 0.5) is 0 Å². The summed E-state index contributed by atoms with van der Waals surface area (Å²) in [6.45, 7) is 8.15. The zero-order chi connectivity index (χ0) is 12.1. The van der Waals surface area contributed by atoms with Crippen molar-refractivity contribution in [1.29, 1.82) is 0 Å². The first-order valence-electron chi connectivity index (χ1n) is 6.76. The van der Waals surface area contributed by atoms with Crippen molar-refractivity contribution in [2.45, 2.75) is 51.7 Å². The van der Waals surface area contributed by atoms with Crippen LogP contribution in [0, 0.1) is 0 Å². The van der Waals surface area contributed by atoms with E-state index in [9.17, 15) is 0 Å². The summed E-state index contributed by atoms with van der Waals surface area (Å²) in [6.07, 6.45) is 3.96. The number of nitrogens with zero attached hydrogens (tertiary/aromatic N) is 1. The lowest BCUT2D eigenvalue weighted by Gasteiger charge is -2.34. The Morgan fingerprint density at radius 2 is 2.29 bits per heavy atom. The van der Waals surface area contributed by atoms with E-state index in [0.29, 0.717) is 6.04 Å². The first-order chi connectivity index (χ1) is 8.27. The monoisotopic (exact) mass is 252 g/mol. The van der Waals surface area contributed by atoms with Crippen molar-refractivity contribution in [2.24, 2.45) is 0 Å². The van der Waals surface area contributed by atoms with Gasteiger partial charge in [-0.3, -0.25) is 4.90 Å². The lowest BCUT2D eigenvalue weighted by molar-refractivity contribution is 0.134. The highest BCUT2D eigenvalue weighted by atomic mass is 32.1. The summed E-state index contributed by atoms with van der Waals surface area (Å²) in [7, 11) is 0. The molecular weight excluding hydrogens is 228 g/mol. The molecule has 0 amide bonds. The molecule has 2 nitrogen and oxygen atoms in total. The number of thiophene rings is 1. The SMILES string of the molecule is CC(C)N(Cc1cccs1)C1CCCNCC1. The summed E-state index contributed by atoms with van der Waals surface area (Å²) in [5, 5.41) is 5.69. The Labute approximate surface area is 109 Å². The first kappa shape index (κ1) is 13.1. The summed E-state index contributed by atoms with van der Waals surface area (Å²) in [5.41, 5.74) is 0. The fraction of sp³-hybridized carbons (Fsp3) is 0.714. The van der Waals surface area contributed by atoms with E-state index in [2.05, 4.69) is 41.6 Å². The molecule has 3 heteroatoms. The quantitative estimate of drug-likeness (QED) is 0.886. The van der Waals surface area contributed by atoms with Gasteiger partial charge in [0, 0.05) is 23.5 Å². The van der Waals surface area contributed by atoms with Gasteiger partial charge >= 0.3 is 0 Å². The molecule has 2 rings (SSSR count). The second kappa shape index (κ2) is 6.53. The Morgan fingerprint density at radius 1 is 1.41 bits per heavy atom. The van der Waals surface area contributed by atoms with Gasteiger partial charge in [-0.25, -0.2) is 0 Å². The van der Waals surface area contributed by atoms with Gasteiger partial charge < -0.3 is 5.32 Å². The minimum Gasteiger partial charge on any atom is -0.317 e. The molecule has 2 heterocycles. The summed E-state index contributed by atoms with van der Waals surface area (Å²) >= 11 is 1.88. The second-order valence-corrected chi connectivity index (χ2v) is 6.21. The van der Waals surface area contributed by atoms with Crippen LogP contribution in [0.15, 0.2) is 17.5 Å². The third kappa shape index (κ3) is 3.80. The third-order valence-corrected chi connectivity index (χ3v) is 4.46. The number of rotatable bonds is 4. The number of hydrogen-bond donors (Lipinski definition) is 1. The molecule has 1 aromatic heterocycles. The Morgan fingerprint density at radius 3 is 3.00 bits per heavy atom. The molecule has 0 spiro atoms. The highest BCUT2D eigenvalue weighted by Crippen LogP contribution is 2.21. The molecule has 1 fully saturated rings. The summed E-state index contributed by atoms with van der Waals surface area (Å²) in [4.78, 5) is 4.18. The van der Waals surface area contributed by atoms with Crippen molar-refractivity contribution >= 4 is 11.3 Å². The highest BCUT2D eigenvalue weighted by molar-refractivity contribution is 7.09. The maximum Gasteiger partial charge on any atom is 0.0333 e. The average Bonchev–Trinajstić information content (AvgIpc) is 2.67. The predicted octanol–water partition coefficient (Wildman–Crippen LogP) is 3.10. The minimum atomic E-state index is 0.639. The fourth-order valence-electron chi connectivity index (χ4n) is 2.65. The van der Waals surface area contributed by atoms with Crippen molar-refractivity contribution in [3.05, 3.63) is 22.4 Å². The van der Waals surface area contributed by atoms with Crippen molar-refractivity contribution in [3.8, 4) is 0 Å². The van der Waals surface area contributed by atoms with Crippen LogP contribution in [0.5, 0.6) is 0 Å². The van der Waals surface area contributed by atoms with Crippen LogP contribution in [0.3, 0.4) is 0 Å². The van der Waals surface area contributed by atoms with Gasteiger partial charge in [-0.2, -0.15) is 0 Å². The molecule has 0 radical (unpaired) electrons. The zero-order valence-corrected chi connectivity index (χ0v) is 11.8. The van der Waals surface area contributed by atoms with Crippen molar-refractivity contribution in [2.75, 3.05) is 13.1 Å². The molecule has 1 unspecified atom stereocenters. The molecule has 17 heavy (non-hydrogen) atoms. The van der Waals surface area contributed by atoms with Gasteiger partial charge in [0.2, 0.25) is 0 Å². The molecule has 1 N–H and O–H groups in total. The Kier molecular flexibility index (Phi) is 5.01. The van der Waals surface area contributed by atoms with Crippen LogP contribution in [0.1, 0.15) is 38.0 Å². The number of hydrogen-bond acceptors (Lipinski definition) is 3. The van der Waals surface area contributed by atoms with Gasteiger partial charge in [-0.1, -0.05) is 6.07 Å². The van der Waals surface area contributed by atoms with Gasteiger partial charge in [0.05, 0.1) is 0 Å². The van der Waals surface area contributed by atoms with E-state index in [1.165, 1.54) is 37.2 Å². The van der Waals surface area contributed by atoms with Crippen LogP contribution >= 0.6 is 11.3 Å². The Balaban J connectivity index is 2.00. The second-order valence-electron chi connectivity index (χ2n) is 5.18. The maximum atomic E-state index is 3.51. The summed E-state index contributed by atoms with van der Waals surface area (Å²) in [5.74, 6) is 0. The van der Waals surface area contributed by atoms with Crippen molar-refractivity contribution in [3.63, 3.8) is 0 Å². The van der Waals surface area contributed by atoms with Gasteiger partial charge in [-0.15, -0.1) is 11.3 Å². The molecule has 0 saturated carbocycles. The predicted molar refractivity (Wildman–Crippen MR) is 75.5 cm³/mol. The van der Waals surface area contributed by atoms with E-state index >= 15 is 0 Å². The summed E-state index contributed by atoms with van der Waals surface area (Å²) < 4.78 is 0. The largest absolute Gasteiger partial charge is 0.317 e. The lowest BCUT2D eigenvalue weighted by atomic mass is 10.1. The van der Waals surface area contributed by atoms with Crippen LogP contribution in [-0.4, -0.2) is 30.1 Å². The van der Waals surface area contributed by atoms with Crippen LogP contribution < -0.4 is 5.32 Å². The standard InChI is InChI=1S/C14H24N2S/c1-12(2)16(11-14-6-4-10-17-14)13-5-3-8-15-9-7-13/h4,6,10,12-13,15H,3,5,7-9,11H2,1-2H3. The van der Waals surface area contributed by atoms with Crippen LogP contribution in [0.25, 0.3) is 0 Å². The molecule has 0 aliphatic carbocycles. The first-order valence-corrected chi connectivity index (χ1v) is 7.64. The molecular formula is C14H24N2S. The van der Waals surface area contributed by atoms with E-state index in [0.717, 1.165) is 12.6 Å². The van der Waals surface area contributed by atoms with Crippen molar-refractivity contribution in [1.82, 2.24) is 10.2 Å². The minimum absolute atomic E-state index is 0.639. The molecule has 96 valence electrons. The van der Waals surface area contributed by atoms with Gasteiger partial charge in [0.1, 0.15) is 0 Å². The Bertz CT molecular complexity index is 300. The summed E-state index contributed by atoms with van der Waals surface area (Å²) in [6, 6.07) is 5.81. The number of nitrogens with one attached hydrogen (secondary N) is 1. The van der Waals surface area contributed by atoms with E-state index in [1.807, 2.05) is 11.3 Å². The van der Waals surface area contributed by atoms with Crippen LogP contribution in [0.2, 0.25) is 0 Å². The van der Waals surface area contributed by atoms with E-state index in [4.69, 9.17) is 0 Å². The van der Waals surface area contributed by atoms with Gasteiger partial charge in [-0.05, 0) is 57.6 Å². The van der Waals surface area contributed by atoms with Gasteiger partial charge in [0.15, 0.2) is 0 Å². The molecule has 0 aromatic carbocycles. The lowest BCUT2D eigenvalue weighted by Crippen LogP contribution is -2.40. The zero-order valence-electron chi connectivity index (χ0n) is 11.0. The van der Waals surface area contributed by atoms with E-state index in [-0.39, 0.29) is 0 Å².